The number of rotatable bonds is 8. The lowest BCUT2D eigenvalue weighted by Crippen LogP contribution is -2.40. The van der Waals surface area contributed by atoms with Crippen molar-refractivity contribution < 1.29 is 8.78 Å². The second kappa shape index (κ2) is 10.2. The fourth-order valence-corrected chi connectivity index (χ4v) is 4.56. The molecule has 1 atom stereocenters. The Balaban J connectivity index is 1.29. The van der Waals surface area contributed by atoms with E-state index in [4.69, 9.17) is 0 Å². The van der Waals surface area contributed by atoms with Crippen LogP contribution in [0.2, 0.25) is 0 Å². The topological polar surface area (TPSA) is 35.2 Å². The van der Waals surface area contributed by atoms with E-state index in [1.165, 1.54) is 42.7 Å². The Bertz CT molecular complexity index is 970. The highest BCUT2D eigenvalue weighted by molar-refractivity contribution is 5.62. The third-order valence-corrected chi connectivity index (χ3v) is 6.07. The van der Waals surface area contributed by atoms with E-state index in [-0.39, 0.29) is 11.6 Å². The zero-order valence-electron chi connectivity index (χ0n) is 18.0. The highest BCUT2D eigenvalue weighted by atomic mass is 19.1. The second-order valence-corrected chi connectivity index (χ2v) is 8.66. The van der Waals surface area contributed by atoms with Gasteiger partial charge in [-0.25, -0.2) is 8.78 Å². The lowest BCUT2D eigenvalue weighted by Gasteiger charge is -2.34. The van der Waals surface area contributed by atoms with Gasteiger partial charge in [-0.2, -0.15) is 5.10 Å². The van der Waals surface area contributed by atoms with E-state index in [1.54, 1.807) is 6.07 Å². The number of piperidine rings is 1. The molecule has 0 saturated carbocycles. The van der Waals surface area contributed by atoms with Gasteiger partial charge < -0.3 is 9.80 Å². The molecule has 0 unspecified atom stereocenters. The zero-order chi connectivity index (χ0) is 21.6. The fraction of sp³-hybridized carbons (Fsp3) is 0.400. The fourth-order valence-electron chi connectivity index (χ4n) is 4.56. The van der Waals surface area contributed by atoms with Gasteiger partial charge in [-0.3, -0.25) is 5.10 Å². The van der Waals surface area contributed by atoms with Gasteiger partial charge in [0, 0.05) is 37.3 Å². The molecule has 4 nitrogen and oxygen atoms in total. The summed E-state index contributed by atoms with van der Waals surface area (Å²) < 4.78 is 26.7. The molecule has 0 radical (unpaired) electrons. The minimum absolute atomic E-state index is 0.178. The molecule has 3 aromatic rings. The van der Waals surface area contributed by atoms with E-state index in [1.807, 2.05) is 24.4 Å². The van der Waals surface area contributed by atoms with Crippen LogP contribution in [0.5, 0.6) is 0 Å². The maximum absolute atomic E-state index is 13.6. The summed E-state index contributed by atoms with van der Waals surface area (Å²) in [6.07, 6.45) is 5.24. The average molecular weight is 425 g/mol. The van der Waals surface area contributed by atoms with Crippen molar-refractivity contribution in [1.82, 2.24) is 20.0 Å². The predicted molar refractivity (Wildman–Crippen MR) is 120 cm³/mol. The van der Waals surface area contributed by atoms with Crippen LogP contribution in [-0.2, 0) is 13.0 Å². The summed E-state index contributed by atoms with van der Waals surface area (Å²) >= 11 is 0. The number of hydrogen-bond donors (Lipinski definition) is 1. The van der Waals surface area contributed by atoms with Crippen molar-refractivity contribution in [2.75, 3.05) is 33.2 Å². The molecule has 1 N–H and O–H groups in total. The molecule has 2 aromatic carbocycles. The summed E-state index contributed by atoms with van der Waals surface area (Å²) in [5.74, 6) is 0.203. The number of H-pyrrole nitrogens is 1. The summed E-state index contributed by atoms with van der Waals surface area (Å²) in [5, 5.41) is 7.22. The minimum Gasteiger partial charge on any atom is -0.303 e. The van der Waals surface area contributed by atoms with Crippen molar-refractivity contribution in [3.8, 4) is 11.3 Å². The van der Waals surface area contributed by atoms with Crippen molar-refractivity contribution in [2.24, 2.45) is 5.92 Å². The highest BCUT2D eigenvalue weighted by Gasteiger charge is 2.21. The third-order valence-electron chi connectivity index (χ3n) is 6.07. The van der Waals surface area contributed by atoms with Gasteiger partial charge >= 0.3 is 0 Å². The van der Waals surface area contributed by atoms with Gasteiger partial charge in [0.05, 0.1) is 11.9 Å². The number of likely N-dealkylation sites (tertiary alicyclic amines) is 1. The van der Waals surface area contributed by atoms with Gasteiger partial charge in [0.25, 0.3) is 0 Å². The first-order chi connectivity index (χ1) is 15.1. The van der Waals surface area contributed by atoms with E-state index in [2.05, 4.69) is 27.0 Å². The van der Waals surface area contributed by atoms with Crippen LogP contribution in [-0.4, -0.2) is 53.2 Å². The number of nitrogens with zero attached hydrogens (tertiary/aromatic N) is 3. The summed E-state index contributed by atoms with van der Waals surface area (Å²) in [4.78, 5) is 4.86. The van der Waals surface area contributed by atoms with Crippen LogP contribution in [0.4, 0.5) is 8.78 Å². The smallest absolute Gasteiger partial charge is 0.123 e. The molecule has 1 aliphatic heterocycles. The largest absolute Gasteiger partial charge is 0.303 e. The van der Waals surface area contributed by atoms with E-state index < -0.39 is 0 Å². The Morgan fingerprint density at radius 1 is 1.13 bits per heavy atom. The van der Waals surface area contributed by atoms with E-state index in [0.29, 0.717) is 5.92 Å². The van der Waals surface area contributed by atoms with Crippen LogP contribution in [0.3, 0.4) is 0 Å². The van der Waals surface area contributed by atoms with Gasteiger partial charge in [-0.15, -0.1) is 0 Å². The molecular formula is C25H30F2N4. The molecular weight excluding hydrogens is 394 g/mol. The number of nitrogens with one attached hydrogen (secondary N) is 1. The lowest BCUT2D eigenvalue weighted by molar-refractivity contribution is 0.142. The average Bonchev–Trinajstić information content (AvgIpc) is 3.21. The maximum Gasteiger partial charge on any atom is 0.123 e. The molecule has 0 aliphatic carbocycles. The third kappa shape index (κ3) is 5.99. The van der Waals surface area contributed by atoms with Crippen molar-refractivity contribution in [2.45, 2.75) is 25.8 Å². The Labute approximate surface area is 182 Å². The van der Waals surface area contributed by atoms with Crippen molar-refractivity contribution in [1.29, 1.82) is 0 Å². The lowest BCUT2D eigenvalue weighted by atomic mass is 9.96. The maximum atomic E-state index is 13.6. The number of hydrogen-bond acceptors (Lipinski definition) is 3. The summed E-state index contributed by atoms with van der Waals surface area (Å²) in [5.41, 5.74) is 3.98. The molecule has 6 heteroatoms. The van der Waals surface area contributed by atoms with Crippen LogP contribution >= 0.6 is 0 Å². The molecule has 1 aliphatic rings. The van der Waals surface area contributed by atoms with Crippen LogP contribution < -0.4 is 0 Å². The highest BCUT2D eigenvalue weighted by Crippen LogP contribution is 2.24. The Hall–Kier alpha value is -2.57. The molecule has 4 rings (SSSR count). The molecule has 0 spiro atoms. The standard InChI is InChI=1S/C25H30F2N4/c1-30(18-22-15-28-29-25(22)21-5-2-6-24(27)14-21)16-20-4-3-12-31(17-20)13-11-19-7-9-23(26)10-8-19/h2,5-10,14-15,20H,3-4,11-13,16-18H2,1H3,(H,28,29)/t20-/m0/s1. The van der Waals surface area contributed by atoms with Gasteiger partial charge in [0.1, 0.15) is 11.6 Å². The van der Waals surface area contributed by atoms with Crippen LogP contribution in [0, 0.1) is 17.6 Å². The summed E-state index contributed by atoms with van der Waals surface area (Å²) in [6, 6.07) is 13.5. The molecule has 1 saturated heterocycles. The Morgan fingerprint density at radius 2 is 1.97 bits per heavy atom. The number of aromatic nitrogens is 2. The van der Waals surface area contributed by atoms with Gasteiger partial charge in [-0.1, -0.05) is 24.3 Å². The Morgan fingerprint density at radius 3 is 2.77 bits per heavy atom. The number of benzene rings is 2. The molecule has 1 fully saturated rings. The van der Waals surface area contributed by atoms with Crippen molar-refractivity contribution in [3.05, 3.63) is 77.5 Å². The van der Waals surface area contributed by atoms with Gasteiger partial charge in [-0.05, 0) is 68.6 Å². The van der Waals surface area contributed by atoms with E-state index >= 15 is 0 Å². The molecule has 0 amide bonds. The normalized spacial score (nSPS) is 17.4. The van der Waals surface area contributed by atoms with Crippen LogP contribution in [0.25, 0.3) is 11.3 Å². The summed E-state index contributed by atoms with van der Waals surface area (Å²) in [6.45, 7) is 5.02. The van der Waals surface area contributed by atoms with Crippen molar-refractivity contribution in [3.63, 3.8) is 0 Å². The first kappa shape index (κ1) is 21.7. The van der Waals surface area contributed by atoms with Crippen molar-refractivity contribution >= 4 is 0 Å². The molecule has 164 valence electrons. The number of halogens is 2. The van der Waals surface area contributed by atoms with Crippen LogP contribution in [0.15, 0.2) is 54.7 Å². The SMILES string of the molecule is CN(Cc1cn[nH]c1-c1cccc(F)c1)C[C@@H]1CCCN(CCc2ccc(F)cc2)C1. The quantitative estimate of drug-likeness (QED) is 0.567. The Kier molecular flexibility index (Phi) is 7.10. The molecule has 0 bridgehead atoms. The summed E-state index contributed by atoms with van der Waals surface area (Å²) in [7, 11) is 2.14. The molecule has 31 heavy (non-hydrogen) atoms. The predicted octanol–water partition coefficient (Wildman–Crippen LogP) is 4.74. The van der Waals surface area contributed by atoms with Crippen LogP contribution in [0.1, 0.15) is 24.0 Å². The second-order valence-electron chi connectivity index (χ2n) is 8.66. The zero-order valence-corrected chi connectivity index (χ0v) is 18.0. The van der Waals surface area contributed by atoms with E-state index in [9.17, 15) is 8.78 Å². The van der Waals surface area contributed by atoms with Gasteiger partial charge in [0.2, 0.25) is 0 Å². The van der Waals surface area contributed by atoms with Gasteiger partial charge in [0.15, 0.2) is 0 Å². The first-order valence-electron chi connectivity index (χ1n) is 11.0. The monoisotopic (exact) mass is 424 g/mol. The van der Waals surface area contributed by atoms with E-state index in [0.717, 1.165) is 56.0 Å². The molecule has 1 aromatic heterocycles. The molecule has 2 heterocycles. The minimum atomic E-state index is -0.241. The number of aromatic amines is 1. The first-order valence-corrected chi connectivity index (χ1v) is 11.0.